The minimum absolute atomic E-state index is 0.148. The van der Waals surface area contributed by atoms with Crippen LogP contribution in [0, 0.1) is 11.6 Å². The molecule has 0 aliphatic carbocycles. The molecule has 0 aliphatic heterocycles. The van der Waals surface area contributed by atoms with Crippen LogP contribution < -0.4 is 0 Å². The Hall–Kier alpha value is -1.22. The van der Waals surface area contributed by atoms with E-state index in [0.29, 0.717) is 0 Å². The van der Waals surface area contributed by atoms with Crippen LogP contribution >= 0.6 is 15.9 Å². The van der Waals surface area contributed by atoms with Gasteiger partial charge in [-0.05, 0) is 54.8 Å². The normalized spacial score (nSPS) is 9.68. The van der Waals surface area contributed by atoms with Crippen LogP contribution in [0.2, 0.25) is 0 Å². The van der Waals surface area contributed by atoms with Crippen LogP contribution in [0.5, 0.6) is 0 Å². The van der Waals surface area contributed by atoms with E-state index in [9.17, 15) is 8.78 Å². The standard InChI is InChI=1S/C10H13F.C6H4BrF/c1-2-3-4-9-5-7-10(11)8-6-9;7-5-1-3-6(8)4-2-5/h5-8H,2-4H2,1H3;1-4H. The average molecular weight is 327 g/mol. The smallest absolute Gasteiger partial charge is 0.123 e. The van der Waals surface area contributed by atoms with Gasteiger partial charge in [-0.3, -0.25) is 0 Å². The van der Waals surface area contributed by atoms with Gasteiger partial charge in [0.25, 0.3) is 0 Å². The molecule has 0 fully saturated rings. The minimum atomic E-state index is -0.201. The molecule has 0 spiro atoms. The van der Waals surface area contributed by atoms with E-state index in [2.05, 4.69) is 22.9 Å². The summed E-state index contributed by atoms with van der Waals surface area (Å²) in [6.07, 6.45) is 3.44. The lowest BCUT2D eigenvalue weighted by Gasteiger charge is -1.97. The monoisotopic (exact) mass is 326 g/mol. The van der Waals surface area contributed by atoms with Crippen molar-refractivity contribution in [2.45, 2.75) is 26.2 Å². The fraction of sp³-hybridized carbons (Fsp3) is 0.250. The van der Waals surface area contributed by atoms with Crippen molar-refractivity contribution in [2.75, 3.05) is 0 Å². The minimum Gasteiger partial charge on any atom is -0.207 e. The predicted octanol–water partition coefficient (Wildman–Crippen LogP) is 5.76. The Morgan fingerprint density at radius 2 is 1.32 bits per heavy atom. The van der Waals surface area contributed by atoms with Gasteiger partial charge in [0.2, 0.25) is 0 Å². The highest BCUT2D eigenvalue weighted by Crippen LogP contribution is 2.08. The molecule has 19 heavy (non-hydrogen) atoms. The predicted molar refractivity (Wildman–Crippen MR) is 79.1 cm³/mol. The third-order valence-corrected chi connectivity index (χ3v) is 3.06. The number of hydrogen-bond acceptors (Lipinski definition) is 0. The van der Waals surface area contributed by atoms with E-state index in [1.54, 1.807) is 12.1 Å². The first-order valence-corrected chi connectivity index (χ1v) is 7.06. The van der Waals surface area contributed by atoms with Crippen LogP contribution in [0.4, 0.5) is 8.78 Å². The molecule has 0 nitrogen and oxygen atoms in total. The summed E-state index contributed by atoms with van der Waals surface area (Å²) in [5.41, 5.74) is 1.23. The van der Waals surface area contributed by atoms with Crippen LogP contribution in [-0.2, 0) is 6.42 Å². The van der Waals surface area contributed by atoms with E-state index in [0.717, 1.165) is 10.9 Å². The first-order chi connectivity index (χ1) is 9.11. The van der Waals surface area contributed by atoms with Gasteiger partial charge in [0.1, 0.15) is 11.6 Å². The van der Waals surface area contributed by atoms with E-state index < -0.39 is 0 Å². The Balaban J connectivity index is 0.000000200. The average Bonchev–Trinajstić information content (AvgIpc) is 2.42. The maximum Gasteiger partial charge on any atom is 0.123 e. The molecule has 0 N–H and O–H groups in total. The zero-order chi connectivity index (χ0) is 14.1. The molecule has 0 radical (unpaired) electrons. The van der Waals surface area contributed by atoms with Gasteiger partial charge in [-0.15, -0.1) is 0 Å². The highest BCUT2D eigenvalue weighted by molar-refractivity contribution is 9.10. The summed E-state index contributed by atoms with van der Waals surface area (Å²) in [5, 5.41) is 0. The SMILES string of the molecule is CCCCc1ccc(F)cc1.Fc1ccc(Br)cc1. The second kappa shape index (κ2) is 8.81. The fourth-order valence-electron chi connectivity index (χ4n) is 1.46. The van der Waals surface area contributed by atoms with Crippen LogP contribution in [0.3, 0.4) is 0 Å². The molecule has 0 heterocycles. The molecule has 2 aromatic rings. The molecule has 2 rings (SSSR count). The molecule has 0 aromatic heterocycles. The van der Waals surface area contributed by atoms with E-state index in [1.807, 2.05) is 12.1 Å². The van der Waals surface area contributed by atoms with E-state index in [-0.39, 0.29) is 11.6 Å². The van der Waals surface area contributed by atoms with Gasteiger partial charge >= 0.3 is 0 Å². The van der Waals surface area contributed by atoms with Crippen molar-refractivity contribution in [1.82, 2.24) is 0 Å². The van der Waals surface area contributed by atoms with Gasteiger partial charge in [-0.1, -0.05) is 41.4 Å². The lowest BCUT2D eigenvalue weighted by Crippen LogP contribution is -1.83. The first kappa shape index (κ1) is 15.8. The summed E-state index contributed by atoms with van der Waals surface area (Å²) in [7, 11) is 0. The number of benzene rings is 2. The van der Waals surface area contributed by atoms with Crippen LogP contribution in [-0.4, -0.2) is 0 Å². The molecule has 0 saturated heterocycles. The molecule has 0 saturated carbocycles. The van der Waals surface area contributed by atoms with Crippen molar-refractivity contribution in [3.05, 3.63) is 70.2 Å². The molecular weight excluding hydrogens is 310 g/mol. The van der Waals surface area contributed by atoms with Crippen molar-refractivity contribution >= 4 is 15.9 Å². The maximum atomic E-state index is 12.4. The van der Waals surface area contributed by atoms with Crippen LogP contribution in [0.25, 0.3) is 0 Å². The third kappa shape index (κ3) is 7.06. The van der Waals surface area contributed by atoms with Gasteiger partial charge in [0.15, 0.2) is 0 Å². The summed E-state index contributed by atoms with van der Waals surface area (Å²) >= 11 is 3.18. The van der Waals surface area contributed by atoms with Gasteiger partial charge in [-0.2, -0.15) is 0 Å². The quantitative estimate of drug-likeness (QED) is 0.673. The largest absolute Gasteiger partial charge is 0.207 e. The van der Waals surface area contributed by atoms with Crippen LogP contribution in [0.15, 0.2) is 53.0 Å². The highest BCUT2D eigenvalue weighted by atomic mass is 79.9. The van der Waals surface area contributed by atoms with Crippen molar-refractivity contribution in [3.8, 4) is 0 Å². The number of hydrogen-bond donors (Lipinski definition) is 0. The zero-order valence-electron chi connectivity index (χ0n) is 10.9. The second-order valence-electron chi connectivity index (χ2n) is 4.17. The Kier molecular flexibility index (Phi) is 7.34. The Morgan fingerprint density at radius 1 is 0.842 bits per heavy atom. The lowest BCUT2D eigenvalue weighted by atomic mass is 10.1. The Labute approximate surface area is 121 Å². The van der Waals surface area contributed by atoms with Gasteiger partial charge in [0, 0.05) is 4.47 Å². The first-order valence-electron chi connectivity index (χ1n) is 6.27. The molecule has 0 bridgehead atoms. The number of unbranched alkanes of at least 4 members (excludes halogenated alkanes) is 1. The molecule has 0 aliphatic rings. The van der Waals surface area contributed by atoms with Crippen molar-refractivity contribution < 1.29 is 8.78 Å². The second-order valence-corrected chi connectivity index (χ2v) is 5.08. The van der Waals surface area contributed by atoms with Crippen molar-refractivity contribution in [3.63, 3.8) is 0 Å². The van der Waals surface area contributed by atoms with Gasteiger partial charge in [0.05, 0.1) is 0 Å². The molecular formula is C16H17BrF2. The summed E-state index contributed by atoms with van der Waals surface area (Å²) in [4.78, 5) is 0. The number of aryl methyl sites for hydroxylation is 1. The lowest BCUT2D eigenvalue weighted by molar-refractivity contribution is 0.626. The third-order valence-electron chi connectivity index (χ3n) is 2.54. The molecule has 0 atom stereocenters. The summed E-state index contributed by atoms with van der Waals surface area (Å²) < 4.78 is 25.4. The van der Waals surface area contributed by atoms with Crippen LogP contribution in [0.1, 0.15) is 25.3 Å². The molecule has 3 heteroatoms. The van der Waals surface area contributed by atoms with Crippen molar-refractivity contribution in [1.29, 1.82) is 0 Å². The topological polar surface area (TPSA) is 0 Å². The zero-order valence-corrected chi connectivity index (χ0v) is 12.5. The maximum absolute atomic E-state index is 12.4. The van der Waals surface area contributed by atoms with E-state index in [1.165, 1.54) is 42.7 Å². The van der Waals surface area contributed by atoms with Gasteiger partial charge < -0.3 is 0 Å². The Bertz CT molecular complexity index is 442. The molecule has 102 valence electrons. The summed E-state index contributed by atoms with van der Waals surface area (Å²) in [5.74, 6) is -0.349. The summed E-state index contributed by atoms with van der Waals surface area (Å²) in [6.45, 7) is 2.16. The van der Waals surface area contributed by atoms with Gasteiger partial charge in [-0.25, -0.2) is 8.78 Å². The van der Waals surface area contributed by atoms with E-state index in [4.69, 9.17) is 0 Å². The number of halogens is 3. The number of rotatable bonds is 3. The Morgan fingerprint density at radius 3 is 1.74 bits per heavy atom. The summed E-state index contributed by atoms with van der Waals surface area (Å²) in [6, 6.07) is 12.9. The fourth-order valence-corrected chi connectivity index (χ4v) is 1.73. The van der Waals surface area contributed by atoms with E-state index >= 15 is 0 Å². The molecule has 0 amide bonds. The molecule has 0 unspecified atom stereocenters. The molecule has 2 aromatic carbocycles. The highest BCUT2D eigenvalue weighted by Gasteiger charge is 1.91. The van der Waals surface area contributed by atoms with Crippen molar-refractivity contribution in [2.24, 2.45) is 0 Å².